The Balaban J connectivity index is 1.59. The molecule has 0 saturated heterocycles. The van der Waals surface area contributed by atoms with E-state index in [0.717, 1.165) is 33.7 Å². The Bertz CT molecular complexity index is 782. The lowest BCUT2D eigenvalue weighted by Crippen LogP contribution is -2.36. The summed E-state index contributed by atoms with van der Waals surface area (Å²) in [6.45, 7) is 0.727. The van der Waals surface area contributed by atoms with Gasteiger partial charge in [-0.3, -0.25) is 9.20 Å². The molecule has 0 bridgehead atoms. The summed E-state index contributed by atoms with van der Waals surface area (Å²) in [5.41, 5.74) is 1.73. The zero-order chi connectivity index (χ0) is 14.2. The molecule has 1 aliphatic rings. The van der Waals surface area contributed by atoms with E-state index < -0.39 is 0 Å². The largest absolute Gasteiger partial charge is 0.309 e. The van der Waals surface area contributed by atoms with Gasteiger partial charge in [0.25, 0.3) is 0 Å². The molecule has 3 aromatic rings. The van der Waals surface area contributed by atoms with E-state index in [9.17, 15) is 4.79 Å². The number of imidazole rings is 1. The van der Waals surface area contributed by atoms with E-state index in [0.29, 0.717) is 6.42 Å². The lowest BCUT2D eigenvalue weighted by atomic mass is 10.2. The summed E-state index contributed by atoms with van der Waals surface area (Å²) in [4.78, 5) is 24.1. The molecule has 3 aromatic heterocycles. The van der Waals surface area contributed by atoms with Gasteiger partial charge in [-0.1, -0.05) is 0 Å². The molecule has 21 heavy (non-hydrogen) atoms. The van der Waals surface area contributed by atoms with E-state index in [2.05, 4.69) is 9.97 Å². The van der Waals surface area contributed by atoms with Crippen LogP contribution in [-0.2, 0) is 11.2 Å². The molecule has 4 heterocycles. The van der Waals surface area contributed by atoms with Gasteiger partial charge >= 0.3 is 0 Å². The normalized spacial score (nSPS) is 14.4. The maximum Gasteiger partial charge on any atom is 0.233 e. The molecule has 0 saturated carbocycles. The van der Waals surface area contributed by atoms with Gasteiger partial charge in [0.1, 0.15) is 5.03 Å². The van der Waals surface area contributed by atoms with Crippen LogP contribution in [0.15, 0.2) is 41.1 Å². The molecule has 0 atom stereocenters. The quantitative estimate of drug-likeness (QED) is 0.729. The molecule has 4 rings (SSSR count). The summed E-state index contributed by atoms with van der Waals surface area (Å²) in [5, 5.41) is 2.92. The number of thiazole rings is 1. The molecule has 106 valence electrons. The van der Waals surface area contributed by atoms with E-state index in [1.807, 2.05) is 39.2 Å². The minimum atomic E-state index is 0.0790. The zero-order valence-electron chi connectivity index (χ0n) is 11.1. The second-order valence-corrected chi connectivity index (χ2v) is 6.68. The number of carbonyl (C=O) groups is 1. The van der Waals surface area contributed by atoms with E-state index in [1.165, 1.54) is 0 Å². The summed E-state index contributed by atoms with van der Waals surface area (Å²) in [7, 11) is 0. The number of hydrogen-bond acceptors (Lipinski definition) is 5. The maximum atomic E-state index is 12.6. The average Bonchev–Trinajstić information content (AvgIpc) is 3.07. The second-order valence-electron chi connectivity index (χ2n) is 4.72. The van der Waals surface area contributed by atoms with Gasteiger partial charge in [-0.15, -0.1) is 23.1 Å². The molecule has 5 nitrogen and oxygen atoms in total. The number of amides is 1. The number of hydrogen-bond donors (Lipinski definition) is 0. The first-order valence-electron chi connectivity index (χ1n) is 6.60. The van der Waals surface area contributed by atoms with Crippen molar-refractivity contribution in [3.63, 3.8) is 0 Å². The smallest absolute Gasteiger partial charge is 0.233 e. The number of rotatable bonds is 2. The zero-order valence-corrected chi connectivity index (χ0v) is 12.7. The van der Waals surface area contributed by atoms with E-state index in [4.69, 9.17) is 0 Å². The standard InChI is InChI=1S/C14H12N4OS2/c19-12(8-10-9-17-4-6-21-14(17)16-10)18-5-7-20-13-11(18)2-1-3-15-13/h1-4,6,9H,5,7-8H2. The van der Waals surface area contributed by atoms with Gasteiger partial charge in [0, 0.05) is 36.3 Å². The Labute approximate surface area is 129 Å². The van der Waals surface area contributed by atoms with E-state index in [1.54, 1.807) is 29.3 Å². The summed E-state index contributed by atoms with van der Waals surface area (Å²) in [5.74, 6) is 0.962. The molecule has 0 unspecified atom stereocenters. The van der Waals surface area contributed by atoms with Gasteiger partial charge in [-0.05, 0) is 12.1 Å². The van der Waals surface area contributed by atoms with Crippen LogP contribution in [0.4, 0.5) is 5.69 Å². The highest BCUT2D eigenvalue weighted by Crippen LogP contribution is 2.32. The van der Waals surface area contributed by atoms with E-state index in [-0.39, 0.29) is 5.91 Å². The van der Waals surface area contributed by atoms with Crippen LogP contribution in [0.5, 0.6) is 0 Å². The number of fused-ring (bicyclic) bond motifs is 2. The SMILES string of the molecule is O=C(Cc1cn2ccsc2n1)N1CCSc2ncccc21. The van der Waals surface area contributed by atoms with Gasteiger partial charge in [0.15, 0.2) is 4.96 Å². The highest BCUT2D eigenvalue weighted by atomic mass is 32.2. The molecule has 1 amide bonds. The van der Waals surface area contributed by atoms with Gasteiger partial charge in [0.2, 0.25) is 5.91 Å². The second kappa shape index (κ2) is 5.16. The topological polar surface area (TPSA) is 50.5 Å². The molecular formula is C14H12N4OS2. The van der Waals surface area contributed by atoms with Crippen LogP contribution in [0.25, 0.3) is 4.96 Å². The molecule has 0 N–H and O–H groups in total. The first-order valence-corrected chi connectivity index (χ1v) is 8.47. The third kappa shape index (κ3) is 2.32. The van der Waals surface area contributed by atoms with Gasteiger partial charge in [0.05, 0.1) is 17.8 Å². The van der Waals surface area contributed by atoms with Crippen molar-refractivity contribution in [2.45, 2.75) is 11.4 Å². The van der Waals surface area contributed by atoms with Crippen molar-refractivity contribution in [2.24, 2.45) is 0 Å². The monoisotopic (exact) mass is 316 g/mol. The Hall–Kier alpha value is -1.86. The summed E-state index contributed by atoms with van der Waals surface area (Å²) < 4.78 is 1.95. The van der Waals surface area contributed by atoms with Crippen LogP contribution < -0.4 is 4.90 Å². The number of nitrogens with zero attached hydrogens (tertiary/aromatic N) is 4. The summed E-state index contributed by atoms with van der Waals surface area (Å²) in [6.07, 6.45) is 5.97. The fourth-order valence-electron chi connectivity index (χ4n) is 2.42. The predicted molar refractivity (Wildman–Crippen MR) is 84.1 cm³/mol. The van der Waals surface area contributed by atoms with Crippen molar-refractivity contribution >= 4 is 39.7 Å². The lowest BCUT2D eigenvalue weighted by molar-refractivity contribution is -0.118. The Morgan fingerprint density at radius 1 is 1.43 bits per heavy atom. The van der Waals surface area contributed by atoms with Crippen LogP contribution in [0.3, 0.4) is 0 Å². The van der Waals surface area contributed by atoms with Crippen molar-refractivity contribution < 1.29 is 4.79 Å². The first kappa shape index (κ1) is 12.8. The van der Waals surface area contributed by atoms with Gasteiger partial charge < -0.3 is 4.90 Å². The summed E-state index contributed by atoms with van der Waals surface area (Å²) >= 11 is 3.27. The molecule has 0 aromatic carbocycles. The van der Waals surface area contributed by atoms with Gasteiger partial charge in [-0.2, -0.15) is 0 Å². The highest BCUT2D eigenvalue weighted by molar-refractivity contribution is 7.99. The third-order valence-corrected chi connectivity index (χ3v) is 5.12. The molecule has 0 fully saturated rings. The van der Waals surface area contributed by atoms with Crippen LogP contribution >= 0.6 is 23.1 Å². The Morgan fingerprint density at radius 3 is 3.29 bits per heavy atom. The number of aromatic nitrogens is 3. The lowest BCUT2D eigenvalue weighted by Gasteiger charge is -2.27. The van der Waals surface area contributed by atoms with Crippen molar-refractivity contribution in [1.29, 1.82) is 0 Å². The van der Waals surface area contributed by atoms with Crippen molar-refractivity contribution in [3.05, 3.63) is 41.8 Å². The molecule has 1 aliphatic heterocycles. The predicted octanol–water partition coefficient (Wildman–Crippen LogP) is 2.47. The summed E-state index contributed by atoms with van der Waals surface area (Å²) in [6, 6.07) is 3.83. The fraction of sp³-hybridized carbons (Fsp3) is 0.214. The molecular weight excluding hydrogens is 304 g/mol. The van der Waals surface area contributed by atoms with Crippen LogP contribution in [0, 0.1) is 0 Å². The number of thioether (sulfide) groups is 1. The number of pyridine rings is 1. The molecule has 0 spiro atoms. The molecule has 0 aliphatic carbocycles. The highest BCUT2D eigenvalue weighted by Gasteiger charge is 2.24. The molecule has 0 radical (unpaired) electrons. The Kier molecular flexibility index (Phi) is 3.16. The van der Waals surface area contributed by atoms with Crippen molar-refractivity contribution in [2.75, 3.05) is 17.2 Å². The minimum absolute atomic E-state index is 0.0790. The number of carbonyl (C=O) groups excluding carboxylic acids is 1. The number of anilines is 1. The third-order valence-electron chi connectivity index (χ3n) is 3.37. The Morgan fingerprint density at radius 2 is 2.38 bits per heavy atom. The van der Waals surface area contributed by atoms with Crippen LogP contribution in [-0.4, -0.2) is 32.6 Å². The first-order chi connectivity index (χ1) is 10.3. The van der Waals surface area contributed by atoms with E-state index >= 15 is 0 Å². The van der Waals surface area contributed by atoms with Crippen molar-refractivity contribution in [3.8, 4) is 0 Å². The van der Waals surface area contributed by atoms with Crippen molar-refractivity contribution in [1.82, 2.24) is 14.4 Å². The fourth-order valence-corrected chi connectivity index (χ4v) is 4.07. The van der Waals surface area contributed by atoms with Crippen LogP contribution in [0.2, 0.25) is 0 Å². The van der Waals surface area contributed by atoms with Crippen LogP contribution in [0.1, 0.15) is 5.69 Å². The van der Waals surface area contributed by atoms with Gasteiger partial charge in [-0.25, -0.2) is 9.97 Å². The minimum Gasteiger partial charge on any atom is -0.309 e. The molecule has 7 heteroatoms. The average molecular weight is 316 g/mol. The maximum absolute atomic E-state index is 12.6.